The van der Waals surface area contributed by atoms with Crippen LogP contribution in [-0.4, -0.2) is 34.1 Å². The molecule has 0 saturated heterocycles. The Hall–Kier alpha value is -4.27. The van der Waals surface area contributed by atoms with Crippen LogP contribution in [-0.2, 0) is 21.4 Å². The van der Waals surface area contributed by atoms with E-state index >= 15 is 0 Å². The molecule has 0 saturated carbocycles. The second-order valence-corrected chi connectivity index (χ2v) is 7.45. The third-order valence-electron chi connectivity index (χ3n) is 5.27. The summed E-state index contributed by atoms with van der Waals surface area (Å²) in [5.41, 5.74) is 1.70. The average molecular weight is 449 g/mol. The molecule has 0 bridgehead atoms. The summed E-state index contributed by atoms with van der Waals surface area (Å²) in [4.78, 5) is 37.7. The molecular formula is C24H23N3O6. The van der Waals surface area contributed by atoms with Gasteiger partial charge in [0.1, 0.15) is 5.69 Å². The number of hydrogen-bond acceptors (Lipinski definition) is 6. The molecule has 4 rings (SSSR count). The van der Waals surface area contributed by atoms with Crippen LogP contribution < -0.4 is 20.3 Å². The minimum atomic E-state index is -1.11. The number of para-hydroxylation sites is 1. The number of esters is 1. The number of amides is 1. The van der Waals surface area contributed by atoms with Gasteiger partial charge >= 0.3 is 5.97 Å². The van der Waals surface area contributed by atoms with Crippen LogP contribution in [0.25, 0.3) is 11.8 Å². The molecule has 0 aliphatic carbocycles. The lowest BCUT2D eigenvalue weighted by atomic mass is 10.2. The number of hydrogen-bond donors (Lipinski definition) is 1. The van der Waals surface area contributed by atoms with E-state index < -0.39 is 18.0 Å². The summed E-state index contributed by atoms with van der Waals surface area (Å²) in [5, 5.41) is 2.59. The summed E-state index contributed by atoms with van der Waals surface area (Å²) in [5.74, 6) is -0.0622. The number of benzene rings is 2. The number of rotatable bonds is 6. The zero-order chi connectivity index (χ0) is 23.5. The Bertz CT molecular complexity index is 1290. The molecule has 1 aliphatic heterocycles. The van der Waals surface area contributed by atoms with Gasteiger partial charge in [-0.1, -0.05) is 24.3 Å². The van der Waals surface area contributed by atoms with Crippen LogP contribution in [0, 0.1) is 6.92 Å². The smallest absolute Gasteiger partial charge is 0.331 e. The van der Waals surface area contributed by atoms with Crippen LogP contribution in [0.15, 0.2) is 59.4 Å². The zero-order valence-electron chi connectivity index (χ0n) is 18.4. The van der Waals surface area contributed by atoms with Crippen LogP contribution in [0.2, 0.25) is 0 Å². The van der Waals surface area contributed by atoms with Crippen molar-refractivity contribution in [3.05, 3.63) is 76.2 Å². The fourth-order valence-electron chi connectivity index (χ4n) is 3.39. The van der Waals surface area contributed by atoms with Gasteiger partial charge in [0, 0.05) is 13.1 Å². The van der Waals surface area contributed by atoms with E-state index in [1.807, 2.05) is 18.2 Å². The summed E-state index contributed by atoms with van der Waals surface area (Å²) >= 11 is 0. The largest absolute Gasteiger partial charge is 0.454 e. The minimum Gasteiger partial charge on any atom is -0.454 e. The number of aromatic nitrogens is 2. The lowest BCUT2D eigenvalue weighted by Gasteiger charge is -2.11. The van der Waals surface area contributed by atoms with Gasteiger partial charge in [0.05, 0.1) is 11.4 Å². The second kappa shape index (κ2) is 9.07. The van der Waals surface area contributed by atoms with Gasteiger partial charge in [-0.25, -0.2) is 9.48 Å². The van der Waals surface area contributed by atoms with Crippen molar-refractivity contribution in [3.63, 3.8) is 0 Å². The number of anilines is 1. The Morgan fingerprint density at radius 2 is 1.85 bits per heavy atom. The number of fused-ring (bicyclic) bond motifs is 1. The summed E-state index contributed by atoms with van der Waals surface area (Å²) in [6, 6.07) is 14.3. The molecule has 1 amide bonds. The number of nitrogens with one attached hydrogen (secondary N) is 1. The normalized spacial score (nSPS) is 13.2. The highest BCUT2D eigenvalue weighted by atomic mass is 16.7. The standard InChI is InChI=1S/C24H23N3O6/c1-15-22(24(30)27(26(15)3)18-7-5-4-6-8-18)25-23(29)16(2)33-21(28)12-10-17-9-11-19-20(13-17)32-14-31-19/h4-13,16H,14H2,1-3H3,(H,25,29)/b12-10+/t16-/m1/s1. The molecule has 0 fully saturated rings. The first kappa shape index (κ1) is 21.9. The topological polar surface area (TPSA) is 101 Å². The summed E-state index contributed by atoms with van der Waals surface area (Å²) in [7, 11) is 1.73. The number of nitrogens with zero attached hydrogens (tertiary/aromatic N) is 2. The molecule has 0 radical (unpaired) electrons. The van der Waals surface area contributed by atoms with E-state index in [-0.39, 0.29) is 18.0 Å². The quantitative estimate of drug-likeness (QED) is 0.459. The van der Waals surface area contributed by atoms with E-state index in [2.05, 4.69) is 5.32 Å². The molecule has 9 nitrogen and oxygen atoms in total. The van der Waals surface area contributed by atoms with Crippen LogP contribution in [0.4, 0.5) is 5.69 Å². The van der Waals surface area contributed by atoms with Crippen molar-refractivity contribution in [3.8, 4) is 17.2 Å². The SMILES string of the molecule is Cc1c(NC(=O)[C@@H](C)OC(=O)/C=C/c2ccc3c(c2)OCO3)c(=O)n(-c2ccccc2)n1C. The maximum absolute atomic E-state index is 12.9. The van der Waals surface area contributed by atoms with Gasteiger partial charge in [-0.15, -0.1) is 0 Å². The highest BCUT2D eigenvalue weighted by Crippen LogP contribution is 2.32. The third-order valence-corrected chi connectivity index (χ3v) is 5.27. The molecule has 2 aromatic carbocycles. The van der Waals surface area contributed by atoms with Crippen molar-refractivity contribution >= 4 is 23.6 Å². The number of carbonyl (C=O) groups is 2. The Morgan fingerprint density at radius 3 is 2.61 bits per heavy atom. The van der Waals surface area contributed by atoms with Gasteiger partial charge in [0.15, 0.2) is 17.6 Å². The molecule has 9 heteroatoms. The Balaban J connectivity index is 1.42. The highest BCUT2D eigenvalue weighted by molar-refractivity contribution is 5.97. The van der Waals surface area contributed by atoms with Crippen LogP contribution in [0.3, 0.4) is 0 Å². The van der Waals surface area contributed by atoms with Crippen molar-refractivity contribution in [1.82, 2.24) is 9.36 Å². The molecule has 2 heterocycles. The van der Waals surface area contributed by atoms with Gasteiger partial charge < -0.3 is 19.5 Å². The fourth-order valence-corrected chi connectivity index (χ4v) is 3.39. The van der Waals surface area contributed by atoms with Crippen LogP contribution >= 0.6 is 0 Å². The maximum Gasteiger partial charge on any atom is 0.331 e. The van der Waals surface area contributed by atoms with Gasteiger partial charge in [-0.3, -0.25) is 14.3 Å². The summed E-state index contributed by atoms with van der Waals surface area (Å²) < 4.78 is 18.8. The molecule has 0 spiro atoms. The average Bonchev–Trinajstić information content (AvgIpc) is 3.36. The molecule has 1 N–H and O–H groups in total. The molecular weight excluding hydrogens is 426 g/mol. The first-order valence-corrected chi connectivity index (χ1v) is 10.3. The first-order valence-electron chi connectivity index (χ1n) is 10.3. The minimum absolute atomic E-state index is 0.130. The van der Waals surface area contributed by atoms with Crippen molar-refractivity contribution in [2.24, 2.45) is 7.05 Å². The predicted molar refractivity (Wildman–Crippen MR) is 122 cm³/mol. The first-order chi connectivity index (χ1) is 15.8. The van der Waals surface area contributed by atoms with Gasteiger partial charge in [-0.2, -0.15) is 0 Å². The Labute approximate surface area is 189 Å². The molecule has 33 heavy (non-hydrogen) atoms. The van der Waals surface area contributed by atoms with Crippen LogP contribution in [0.5, 0.6) is 11.5 Å². The van der Waals surface area contributed by atoms with Crippen molar-refractivity contribution < 1.29 is 23.8 Å². The third kappa shape index (κ3) is 4.52. The lowest BCUT2D eigenvalue weighted by molar-refractivity contribution is -0.148. The van der Waals surface area contributed by atoms with E-state index in [1.165, 1.54) is 17.7 Å². The van der Waals surface area contributed by atoms with E-state index in [1.54, 1.807) is 55.1 Å². The molecule has 3 aromatic rings. The number of carbonyl (C=O) groups excluding carboxylic acids is 2. The van der Waals surface area contributed by atoms with E-state index in [0.717, 1.165) is 5.56 Å². The van der Waals surface area contributed by atoms with Gasteiger partial charge in [0.25, 0.3) is 11.5 Å². The van der Waals surface area contributed by atoms with Crippen molar-refractivity contribution in [1.29, 1.82) is 0 Å². The molecule has 1 aliphatic rings. The lowest BCUT2D eigenvalue weighted by Crippen LogP contribution is -2.31. The Kier molecular flexibility index (Phi) is 6.03. The fraction of sp³-hybridized carbons (Fsp3) is 0.208. The van der Waals surface area contributed by atoms with Crippen LogP contribution in [0.1, 0.15) is 18.2 Å². The molecule has 1 atom stereocenters. The highest BCUT2D eigenvalue weighted by Gasteiger charge is 2.22. The monoisotopic (exact) mass is 449 g/mol. The number of ether oxygens (including phenoxy) is 3. The van der Waals surface area contributed by atoms with E-state index in [9.17, 15) is 14.4 Å². The molecule has 170 valence electrons. The maximum atomic E-state index is 12.9. The van der Waals surface area contributed by atoms with E-state index in [4.69, 9.17) is 14.2 Å². The molecule has 0 unspecified atom stereocenters. The second-order valence-electron chi connectivity index (χ2n) is 7.45. The van der Waals surface area contributed by atoms with Gasteiger partial charge in [0.2, 0.25) is 6.79 Å². The summed E-state index contributed by atoms with van der Waals surface area (Å²) in [6.45, 7) is 3.32. The van der Waals surface area contributed by atoms with Gasteiger partial charge in [-0.05, 0) is 49.8 Å². The van der Waals surface area contributed by atoms with E-state index in [0.29, 0.717) is 22.9 Å². The molecule has 1 aromatic heterocycles. The zero-order valence-corrected chi connectivity index (χ0v) is 18.4. The van der Waals surface area contributed by atoms with Crippen molar-refractivity contribution in [2.75, 3.05) is 12.1 Å². The summed E-state index contributed by atoms with van der Waals surface area (Å²) in [6.07, 6.45) is 1.66. The van der Waals surface area contributed by atoms with Crippen molar-refractivity contribution in [2.45, 2.75) is 20.0 Å². The Morgan fingerprint density at radius 1 is 1.12 bits per heavy atom. The predicted octanol–water partition coefficient (Wildman–Crippen LogP) is 2.80.